The van der Waals surface area contributed by atoms with Crippen LogP contribution in [0.3, 0.4) is 0 Å². The van der Waals surface area contributed by atoms with Crippen molar-refractivity contribution in [2.75, 3.05) is 31.2 Å². The Hall–Kier alpha value is -3.34. The molecule has 3 rings (SSSR count). The monoisotopic (exact) mass is 387 g/mol. The highest BCUT2D eigenvalue weighted by Crippen LogP contribution is 2.11. The van der Waals surface area contributed by atoms with Gasteiger partial charge in [-0.1, -0.05) is 0 Å². The van der Waals surface area contributed by atoms with Gasteiger partial charge in [-0.25, -0.2) is 9.97 Å². The van der Waals surface area contributed by atoms with Crippen molar-refractivity contribution < 1.29 is 14.3 Å². The number of hydrogen-bond donors (Lipinski definition) is 3. The first-order chi connectivity index (χ1) is 13.5. The summed E-state index contributed by atoms with van der Waals surface area (Å²) in [6.45, 7) is 4.24. The first kappa shape index (κ1) is 19.4. The zero-order valence-electron chi connectivity index (χ0n) is 15.4. The molecule has 2 aromatic rings. The molecule has 1 fully saturated rings. The number of carbonyl (C=O) groups is 2. The maximum Gasteiger partial charge on any atom is 0.289 e. The van der Waals surface area contributed by atoms with Crippen molar-refractivity contribution in [2.45, 2.75) is 19.8 Å². The third-order valence-corrected chi connectivity index (χ3v) is 4.23. The summed E-state index contributed by atoms with van der Waals surface area (Å²) >= 11 is 0. The lowest BCUT2D eigenvalue weighted by molar-refractivity contribution is -0.121. The van der Waals surface area contributed by atoms with Gasteiger partial charge in [-0.15, -0.1) is 0 Å². The molecular formula is C17H21N7O4. The fourth-order valence-electron chi connectivity index (χ4n) is 2.72. The van der Waals surface area contributed by atoms with Crippen molar-refractivity contribution in [2.24, 2.45) is 0 Å². The number of ether oxygens (including phenoxy) is 1. The van der Waals surface area contributed by atoms with Gasteiger partial charge >= 0.3 is 0 Å². The van der Waals surface area contributed by atoms with Crippen molar-refractivity contribution in [3.8, 4) is 0 Å². The maximum atomic E-state index is 12.4. The molecule has 0 radical (unpaired) electrons. The number of nitrogens with one attached hydrogen (secondary N) is 3. The SMILES string of the molecule is Cc1nc(N2CCOCC2)[nH]c(=O)c1CCC(=O)NNC(=O)c1cnccn1. The molecule has 0 aliphatic carbocycles. The van der Waals surface area contributed by atoms with Gasteiger partial charge < -0.3 is 9.64 Å². The van der Waals surface area contributed by atoms with Crippen molar-refractivity contribution in [1.29, 1.82) is 0 Å². The van der Waals surface area contributed by atoms with E-state index < -0.39 is 11.8 Å². The number of aromatic nitrogens is 4. The minimum Gasteiger partial charge on any atom is -0.378 e. The van der Waals surface area contributed by atoms with Gasteiger partial charge in [-0.2, -0.15) is 0 Å². The van der Waals surface area contributed by atoms with E-state index in [1.165, 1.54) is 18.6 Å². The molecule has 2 amide bonds. The van der Waals surface area contributed by atoms with Crippen molar-refractivity contribution in [1.82, 2.24) is 30.8 Å². The van der Waals surface area contributed by atoms with Gasteiger partial charge in [-0.05, 0) is 13.3 Å². The number of rotatable bonds is 5. The van der Waals surface area contributed by atoms with E-state index in [0.717, 1.165) is 0 Å². The minimum atomic E-state index is -0.577. The molecule has 1 aliphatic heterocycles. The van der Waals surface area contributed by atoms with Crippen molar-refractivity contribution in [3.05, 3.63) is 45.9 Å². The molecule has 0 spiro atoms. The Kier molecular flexibility index (Phi) is 6.27. The Balaban J connectivity index is 1.54. The zero-order valence-corrected chi connectivity index (χ0v) is 15.4. The van der Waals surface area contributed by atoms with E-state index in [2.05, 4.69) is 30.8 Å². The number of H-pyrrole nitrogens is 1. The molecule has 0 bridgehead atoms. The number of aromatic amines is 1. The van der Waals surface area contributed by atoms with Crippen LogP contribution in [0.1, 0.15) is 28.2 Å². The fourth-order valence-corrected chi connectivity index (χ4v) is 2.72. The van der Waals surface area contributed by atoms with E-state index in [1.54, 1.807) is 6.92 Å². The maximum absolute atomic E-state index is 12.4. The van der Waals surface area contributed by atoms with E-state index in [9.17, 15) is 14.4 Å². The van der Waals surface area contributed by atoms with E-state index in [1.807, 2.05) is 4.90 Å². The fraction of sp³-hybridized carbons (Fsp3) is 0.412. The second-order valence-electron chi connectivity index (χ2n) is 6.15. The highest BCUT2D eigenvalue weighted by molar-refractivity contribution is 5.93. The molecule has 0 atom stereocenters. The average molecular weight is 387 g/mol. The van der Waals surface area contributed by atoms with Gasteiger partial charge in [-0.3, -0.25) is 35.2 Å². The molecular weight excluding hydrogens is 366 g/mol. The van der Waals surface area contributed by atoms with Crippen molar-refractivity contribution >= 4 is 17.8 Å². The number of morpholine rings is 1. The van der Waals surface area contributed by atoms with Crippen LogP contribution in [0.5, 0.6) is 0 Å². The molecule has 28 heavy (non-hydrogen) atoms. The predicted octanol–water partition coefficient (Wildman–Crippen LogP) is -0.901. The predicted molar refractivity (Wildman–Crippen MR) is 98.6 cm³/mol. The molecule has 11 nitrogen and oxygen atoms in total. The highest BCUT2D eigenvalue weighted by Gasteiger charge is 2.17. The first-order valence-corrected chi connectivity index (χ1v) is 8.82. The standard InChI is InChI=1S/C17H21N7O4/c1-11-12(15(26)21-17(20-11)24-6-8-28-9-7-24)2-3-14(25)22-23-16(27)13-10-18-4-5-19-13/h4-5,10H,2-3,6-9H2,1H3,(H,22,25)(H,23,27)(H,20,21,26). The average Bonchev–Trinajstić information content (AvgIpc) is 2.72. The third kappa shape index (κ3) is 4.88. The van der Waals surface area contributed by atoms with Crippen molar-refractivity contribution in [3.63, 3.8) is 0 Å². The summed E-state index contributed by atoms with van der Waals surface area (Å²) in [6, 6.07) is 0. The highest BCUT2D eigenvalue weighted by atomic mass is 16.5. The quantitative estimate of drug-likeness (QED) is 0.560. The summed E-state index contributed by atoms with van der Waals surface area (Å²) in [5.41, 5.74) is 5.36. The molecule has 0 saturated carbocycles. The number of carbonyl (C=O) groups excluding carboxylic acids is 2. The number of amides is 2. The molecule has 148 valence electrons. The molecule has 2 aromatic heterocycles. The molecule has 11 heteroatoms. The Labute approximate surface area is 160 Å². The Morgan fingerprint density at radius 2 is 2.04 bits per heavy atom. The second kappa shape index (κ2) is 9.04. The zero-order chi connectivity index (χ0) is 19.9. The van der Waals surface area contributed by atoms with Crippen LogP contribution in [-0.2, 0) is 16.0 Å². The summed E-state index contributed by atoms with van der Waals surface area (Å²) in [7, 11) is 0. The number of hydrogen-bond acceptors (Lipinski definition) is 8. The lowest BCUT2D eigenvalue weighted by Gasteiger charge is -2.27. The van der Waals surface area contributed by atoms with E-state index in [-0.39, 0.29) is 24.1 Å². The van der Waals surface area contributed by atoms with Gasteiger partial charge in [0.25, 0.3) is 11.5 Å². The third-order valence-electron chi connectivity index (χ3n) is 4.23. The minimum absolute atomic E-state index is 0.0171. The second-order valence-corrected chi connectivity index (χ2v) is 6.15. The Bertz CT molecular complexity index is 894. The number of hydrazine groups is 1. The number of nitrogens with zero attached hydrogens (tertiary/aromatic N) is 4. The summed E-state index contributed by atoms with van der Waals surface area (Å²) in [5.74, 6) is -0.504. The summed E-state index contributed by atoms with van der Waals surface area (Å²) in [6.07, 6.45) is 4.31. The summed E-state index contributed by atoms with van der Waals surface area (Å²) < 4.78 is 5.30. The van der Waals surface area contributed by atoms with Gasteiger partial charge in [0.2, 0.25) is 11.9 Å². The molecule has 3 heterocycles. The van der Waals surface area contributed by atoms with Crippen LogP contribution in [-0.4, -0.2) is 58.1 Å². The van der Waals surface area contributed by atoms with E-state index >= 15 is 0 Å². The largest absolute Gasteiger partial charge is 0.378 e. The van der Waals surface area contributed by atoms with Crippen LogP contribution < -0.4 is 21.3 Å². The summed E-state index contributed by atoms with van der Waals surface area (Å²) in [4.78, 5) is 53.0. The lowest BCUT2D eigenvalue weighted by Crippen LogP contribution is -2.42. The Morgan fingerprint density at radius 3 is 2.71 bits per heavy atom. The topological polar surface area (TPSA) is 142 Å². The van der Waals surface area contributed by atoms with Crippen LogP contribution in [0.2, 0.25) is 0 Å². The normalized spacial score (nSPS) is 13.8. The van der Waals surface area contributed by atoms with E-state index in [0.29, 0.717) is 43.5 Å². The van der Waals surface area contributed by atoms with Gasteiger partial charge in [0.1, 0.15) is 5.69 Å². The Morgan fingerprint density at radius 1 is 1.25 bits per heavy atom. The molecule has 0 aromatic carbocycles. The first-order valence-electron chi connectivity index (χ1n) is 8.82. The van der Waals surface area contributed by atoms with Crippen LogP contribution in [0.25, 0.3) is 0 Å². The lowest BCUT2D eigenvalue weighted by atomic mass is 10.1. The molecule has 1 saturated heterocycles. The smallest absolute Gasteiger partial charge is 0.289 e. The van der Waals surface area contributed by atoms with Crippen LogP contribution in [0, 0.1) is 6.92 Å². The number of anilines is 1. The number of aryl methyl sites for hydroxylation is 1. The molecule has 1 aliphatic rings. The van der Waals surface area contributed by atoms with Gasteiger partial charge in [0.15, 0.2) is 0 Å². The summed E-state index contributed by atoms with van der Waals surface area (Å²) in [5, 5.41) is 0. The van der Waals surface area contributed by atoms with Crippen LogP contribution >= 0.6 is 0 Å². The van der Waals surface area contributed by atoms with E-state index in [4.69, 9.17) is 4.74 Å². The molecule has 0 unspecified atom stereocenters. The van der Waals surface area contributed by atoms with Crippen LogP contribution in [0.4, 0.5) is 5.95 Å². The van der Waals surface area contributed by atoms with Gasteiger partial charge in [0, 0.05) is 43.2 Å². The molecule has 3 N–H and O–H groups in total. The van der Waals surface area contributed by atoms with Gasteiger partial charge in [0.05, 0.1) is 19.4 Å². The van der Waals surface area contributed by atoms with Crippen LogP contribution in [0.15, 0.2) is 23.4 Å².